The first-order chi connectivity index (χ1) is 11.5. The Morgan fingerprint density at radius 2 is 2.12 bits per heavy atom. The lowest BCUT2D eigenvalue weighted by molar-refractivity contribution is -0.155. The summed E-state index contributed by atoms with van der Waals surface area (Å²) < 4.78 is 19.7. The molecule has 9 heteroatoms. The van der Waals surface area contributed by atoms with E-state index in [1.807, 2.05) is 0 Å². The molecule has 1 saturated heterocycles. The number of methoxy groups -OCH3 is 2. The first-order valence-corrected chi connectivity index (χ1v) is 7.48. The Kier molecular flexibility index (Phi) is 5.55. The van der Waals surface area contributed by atoms with Crippen molar-refractivity contribution in [1.82, 2.24) is 10.1 Å². The predicted molar refractivity (Wildman–Crippen MR) is 79.3 cm³/mol. The van der Waals surface area contributed by atoms with Crippen LogP contribution in [0.25, 0.3) is 0 Å². The van der Waals surface area contributed by atoms with Gasteiger partial charge in [0.2, 0.25) is 5.76 Å². The average Bonchev–Trinajstić information content (AvgIpc) is 3.22. The number of aromatic nitrogens is 1. The molecule has 1 aromatic heterocycles. The van der Waals surface area contributed by atoms with Crippen molar-refractivity contribution in [3.8, 4) is 0 Å². The number of hydrogen-bond acceptors (Lipinski definition) is 8. The number of hydrogen-bond donors (Lipinski definition) is 0. The van der Waals surface area contributed by atoms with Crippen LogP contribution in [-0.4, -0.2) is 68.4 Å². The number of amides is 1. The molecule has 2 heterocycles. The summed E-state index contributed by atoms with van der Waals surface area (Å²) in [6.45, 7) is 2.48. The van der Waals surface area contributed by atoms with Crippen molar-refractivity contribution in [1.29, 1.82) is 0 Å². The lowest BCUT2D eigenvalue weighted by Gasteiger charge is -2.25. The van der Waals surface area contributed by atoms with Crippen LogP contribution in [0.4, 0.5) is 0 Å². The summed E-state index contributed by atoms with van der Waals surface area (Å²) in [5.41, 5.74) is -0.973. The van der Waals surface area contributed by atoms with Crippen LogP contribution in [-0.2, 0) is 19.0 Å². The van der Waals surface area contributed by atoms with Crippen LogP contribution < -0.4 is 0 Å². The molecule has 1 unspecified atom stereocenters. The molecule has 1 aliphatic heterocycles. The van der Waals surface area contributed by atoms with Crippen molar-refractivity contribution in [2.45, 2.75) is 13.3 Å². The molecule has 1 fully saturated rings. The van der Waals surface area contributed by atoms with E-state index in [-0.39, 0.29) is 31.2 Å². The van der Waals surface area contributed by atoms with Crippen LogP contribution in [0, 0.1) is 5.41 Å². The van der Waals surface area contributed by atoms with Gasteiger partial charge in [-0.15, -0.1) is 0 Å². The maximum Gasteiger partial charge on any atom is 0.360 e. The summed E-state index contributed by atoms with van der Waals surface area (Å²) in [7, 11) is 2.78. The lowest BCUT2D eigenvalue weighted by atomic mass is 9.88. The van der Waals surface area contributed by atoms with E-state index in [0.29, 0.717) is 13.0 Å². The van der Waals surface area contributed by atoms with Crippen LogP contribution >= 0.6 is 0 Å². The molecule has 0 saturated carbocycles. The first-order valence-electron chi connectivity index (χ1n) is 7.48. The molecule has 1 atom stereocenters. The van der Waals surface area contributed by atoms with Crippen LogP contribution in [0.1, 0.15) is 34.4 Å². The van der Waals surface area contributed by atoms with Crippen molar-refractivity contribution in [3.05, 3.63) is 17.5 Å². The number of carbonyl (C=O) groups excluding carboxylic acids is 3. The van der Waals surface area contributed by atoms with Gasteiger partial charge in [-0.05, 0) is 13.3 Å². The van der Waals surface area contributed by atoms with Crippen molar-refractivity contribution in [2.75, 3.05) is 40.5 Å². The Morgan fingerprint density at radius 3 is 2.75 bits per heavy atom. The highest BCUT2D eigenvalue weighted by Gasteiger charge is 2.47. The van der Waals surface area contributed by atoms with Crippen LogP contribution in [0.15, 0.2) is 10.6 Å². The maximum atomic E-state index is 12.5. The summed E-state index contributed by atoms with van der Waals surface area (Å²) in [6, 6.07) is 1.23. The Hall–Kier alpha value is -2.42. The topological polar surface area (TPSA) is 108 Å². The molecule has 9 nitrogen and oxygen atoms in total. The monoisotopic (exact) mass is 340 g/mol. The summed E-state index contributed by atoms with van der Waals surface area (Å²) >= 11 is 0. The average molecular weight is 340 g/mol. The fourth-order valence-electron chi connectivity index (χ4n) is 2.72. The molecule has 0 spiro atoms. The fourth-order valence-corrected chi connectivity index (χ4v) is 2.72. The third-order valence-electron chi connectivity index (χ3n) is 3.89. The minimum Gasteiger partial charge on any atom is -0.468 e. The van der Waals surface area contributed by atoms with E-state index < -0.39 is 23.3 Å². The lowest BCUT2D eigenvalue weighted by Crippen LogP contribution is -2.40. The molecule has 2 rings (SSSR count). The van der Waals surface area contributed by atoms with Gasteiger partial charge in [-0.1, -0.05) is 5.16 Å². The molecule has 1 aromatic rings. The van der Waals surface area contributed by atoms with E-state index in [4.69, 9.17) is 18.7 Å². The zero-order valence-corrected chi connectivity index (χ0v) is 13.9. The quantitative estimate of drug-likeness (QED) is 0.689. The third kappa shape index (κ3) is 3.40. The SMILES string of the molecule is CCOC(=O)c1cc(C(=O)N2CCC(COC)(C(=O)OC)C2)on1. The van der Waals surface area contributed by atoms with E-state index in [9.17, 15) is 14.4 Å². The van der Waals surface area contributed by atoms with Gasteiger partial charge in [0.15, 0.2) is 5.69 Å². The minimum absolute atomic E-state index is 0.0736. The number of esters is 2. The minimum atomic E-state index is -0.900. The Balaban J connectivity index is 2.11. The van der Waals surface area contributed by atoms with E-state index in [1.54, 1.807) is 6.92 Å². The van der Waals surface area contributed by atoms with Crippen LogP contribution in [0.3, 0.4) is 0 Å². The molecule has 0 aliphatic carbocycles. The maximum absolute atomic E-state index is 12.5. The predicted octanol–water partition coefficient (Wildman–Crippen LogP) is 0.503. The second-order valence-corrected chi connectivity index (χ2v) is 5.48. The highest BCUT2D eigenvalue weighted by Crippen LogP contribution is 2.33. The van der Waals surface area contributed by atoms with Gasteiger partial charge in [-0.2, -0.15) is 0 Å². The van der Waals surface area contributed by atoms with Gasteiger partial charge in [0.25, 0.3) is 5.91 Å². The summed E-state index contributed by atoms with van der Waals surface area (Å²) in [4.78, 5) is 37.6. The van der Waals surface area contributed by atoms with Crippen molar-refractivity contribution >= 4 is 17.8 Å². The standard InChI is InChI=1S/C15H20N2O7/c1-4-23-13(19)10-7-11(24-16-10)12(18)17-6-5-15(8-17,9-21-2)14(20)22-3/h7H,4-6,8-9H2,1-3H3. The molecule has 132 valence electrons. The number of rotatable bonds is 6. The largest absolute Gasteiger partial charge is 0.468 e. The van der Waals surface area contributed by atoms with E-state index in [1.165, 1.54) is 25.2 Å². The van der Waals surface area contributed by atoms with E-state index >= 15 is 0 Å². The number of nitrogens with zero attached hydrogens (tertiary/aromatic N) is 2. The first kappa shape index (κ1) is 17.9. The second-order valence-electron chi connectivity index (χ2n) is 5.48. The van der Waals surface area contributed by atoms with Crippen molar-refractivity contribution in [2.24, 2.45) is 5.41 Å². The Morgan fingerprint density at radius 1 is 1.38 bits per heavy atom. The molecule has 0 radical (unpaired) electrons. The highest BCUT2D eigenvalue weighted by atomic mass is 16.5. The van der Waals surface area contributed by atoms with Gasteiger partial charge >= 0.3 is 11.9 Å². The number of ether oxygens (including phenoxy) is 3. The van der Waals surface area contributed by atoms with E-state index in [2.05, 4.69) is 5.16 Å². The van der Waals surface area contributed by atoms with Gasteiger partial charge < -0.3 is 23.6 Å². The molecule has 1 aliphatic rings. The highest BCUT2D eigenvalue weighted by molar-refractivity contribution is 5.95. The molecule has 0 N–H and O–H groups in total. The zero-order valence-electron chi connectivity index (χ0n) is 13.9. The summed E-state index contributed by atoms with van der Waals surface area (Å²) in [5.74, 6) is -1.63. The van der Waals surface area contributed by atoms with Gasteiger partial charge in [-0.25, -0.2) is 4.79 Å². The molecular weight excluding hydrogens is 320 g/mol. The van der Waals surface area contributed by atoms with Crippen molar-refractivity contribution in [3.63, 3.8) is 0 Å². The molecular formula is C15H20N2O7. The van der Waals surface area contributed by atoms with Gasteiger partial charge in [0.1, 0.15) is 5.41 Å². The van der Waals surface area contributed by atoms with E-state index in [0.717, 1.165) is 0 Å². The molecule has 0 aromatic carbocycles. The molecule has 1 amide bonds. The zero-order chi connectivity index (χ0) is 17.7. The number of carbonyl (C=O) groups is 3. The van der Waals surface area contributed by atoms with Crippen LogP contribution in [0.2, 0.25) is 0 Å². The second kappa shape index (κ2) is 7.43. The fraction of sp³-hybridized carbons (Fsp3) is 0.600. The van der Waals surface area contributed by atoms with Gasteiger partial charge in [-0.3, -0.25) is 9.59 Å². The molecule has 24 heavy (non-hydrogen) atoms. The normalized spacial score (nSPS) is 20.0. The number of likely N-dealkylation sites (tertiary alicyclic amines) is 1. The van der Waals surface area contributed by atoms with Crippen molar-refractivity contribution < 1.29 is 33.1 Å². The summed E-state index contributed by atoms with van der Waals surface area (Å²) in [5, 5.41) is 3.54. The smallest absolute Gasteiger partial charge is 0.360 e. The van der Waals surface area contributed by atoms with Gasteiger partial charge in [0.05, 0.1) is 20.3 Å². The Labute approximate surface area is 138 Å². The Bertz CT molecular complexity index is 627. The van der Waals surface area contributed by atoms with Gasteiger partial charge in [0, 0.05) is 26.3 Å². The van der Waals surface area contributed by atoms with Crippen LogP contribution in [0.5, 0.6) is 0 Å². The molecule has 0 bridgehead atoms. The summed E-state index contributed by atoms with van der Waals surface area (Å²) in [6.07, 6.45) is 0.415. The third-order valence-corrected chi connectivity index (χ3v) is 3.89.